The molecule has 2 aromatic carbocycles. The van der Waals surface area contributed by atoms with Crippen LogP contribution in [-0.4, -0.2) is 16.8 Å². The first-order valence-electron chi connectivity index (χ1n) is 8.18. The Hall–Kier alpha value is -3.74. The van der Waals surface area contributed by atoms with E-state index in [-0.39, 0.29) is 17.3 Å². The van der Waals surface area contributed by atoms with E-state index in [1.807, 2.05) is 6.07 Å². The van der Waals surface area contributed by atoms with Gasteiger partial charge in [-0.15, -0.1) is 0 Å². The van der Waals surface area contributed by atoms with Crippen molar-refractivity contribution < 1.29 is 14.0 Å². The summed E-state index contributed by atoms with van der Waals surface area (Å²) in [4.78, 5) is 27.4. The Labute approximate surface area is 155 Å². The van der Waals surface area contributed by atoms with E-state index in [9.17, 15) is 14.0 Å². The number of anilines is 4. The van der Waals surface area contributed by atoms with Gasteiger partial charge in [0.1, 0.15) is 11.5 Å². The van der Waals surface area contributed by atoms with Gasteiger partial charge < -0.3 is 16.0 Å². The van der Waals surface area contributed by atoms with E-state index >= 15 is 0 Å². The Morgan fingerprint density at radius 1 is 0.889 bits per heavy atom. The SMILES string of the molecule is CC(=O)Nc1cccc(Nc2ccc(C(=O)Nc3ccccc3F)nc2)c1. The third-order valence-corrected chi connectivity index (χ3v) is 3.59. The fourth-order valence-electron chi connectivity index (χ4n) is 2.40. The van der Waals surface area contributed by atoms with Gasteiger partial charge in [0.2, 0.25) is 5.91 Å². The van der Waals surface area contributed by atoms with Crippen LogP contribution in [0.4, 0.5) is 27.1 Å². The van der Waals surface area contributed by atoms with Crippen LogP contribution in [0.1, 0.15) is 17.4 Å². The van der Waals surface area contributed by atoms with Crippen LogP contribution in [0.5, 0.6) is 0 Å². The summed E-state index contributed by atoms with van der Waals surface area (Å²) in [6.45, 7) is 1.44. The molecule has 136 valence electrons. The number of nitrogens with zero attached hydrogens (tertiary/aromatic N) is 1. The summed E-state index contributed by atoms with van der Waals surface area (Å²) in [5.41, 5.74) is 2.35. The van der Waals surface area contributed by atoms with Crippen molar-refractivity contribution in [2.75, 3.05) is 16.0 Å². The molecule has 0 saturated carbocycles. The molecule has 27 heavy (non-hydrogen) atoms. The normalized spacial score (nSPS) is 10.1. The lowest BCUT2D eigenvalue weighted by Gasteiger charge is -2.09. The molecule has 0 spiro atoms. The van der Waals surface area contributed by atoms with Crippen molar-refractivity contribution in [2.24, 2.45) is 0 Å². The van der Waals surface area contributed by atoms with Crippen LogP contribution in [0, 0.1) is 5.82 Å². The summed E-state index contributed by atoms with van der Waals surface area (Å²) in [6, 6.07) is 16.3. The van der Waals surface area contributed by atoms with E-state index in [4.69, 9.17) is 0 Å². The van der Waals surface area contributed by atoms with Gasteiger partial charge in [-0.25, -0.2) is 9.37 Å². The van der Waals surface area contributed by atoms with E-state index < -0.39 is 11.7 Å². The standard InChI is InChI=1S/C20H17FN4O2/c1-13(26)23-14-5-4-6-15(11-14)24-16-9-10-19(22-12-16)20(27)25-18-8-3-2-7-17(18)21/h2-12,24H,1H3,(H,23,26)(H,25,27). The minimum absolute atomic E-state index is 0.0984. The van der Waals surface area contributed by atoms with E-state index in [0.29, 0.717) is 11.4 Å². The van der Waals surface area contributed by atoms with Gasteiger partial charge in [-0.3, -0.25) is 9.59 Å². The highest BCUT2D eigenvalue weighted by molar-refractivity contribution is 6.03. The largest absolute Gasteiger partial charge is 0.354 e. The van der Waals surface area contributed by atoms with E-state index in [2.05, 4.69) is 20.9 Å². The summed E-state index contributed by atoms with van der Waals surface area (Å²) < 4.78 is 13.6. The second-order valence-corrected chi connectivity index (χ2v) is 5.75. The van der Waals surface area contributed by atoms with E-state index in [0.717, 1.165) is 5.69 Å². The Bertz CT molecular complexity index is 974. The number of rotatable bonds is 5. The van der Waals surface area contributed by atoms with Crippen LogP contribution in [0.15, 0.2) is 66.9 Å². The quantitative estimate of drug-likeness (QED) is 0.634. The molecular formula is C20H17FN4O2. The van der Waals surface area contributed by atoms with Crippen molar-refractivity contribution in [1.29, 1.82) is 0 Å². The molecule has 7 heteroatoms. The molecule has 0 aliphatic rings. The average Bonchev–Trinajstić information content (AvgIpc) is 2.64. The first-order chi connectivity index (χ1) is 13.0. The molecule has 0 unspecified atom stereocenters. The van der Waals surface area contributed by atoms with Crippen molar-refractivity contribution in [2.45, 2.75) is 6.92 Å². The molecule has 0 fully saturated rings. The van der Waals surface area contributed by atoms with Crippen LogP contribution in [-0.2, 0) is 4.79 Å². The van der Waals surface area contributed by atoms with Crippen molar-refractivity contribution in [3.8, 4) is 0 Å². The van der Waals surface area contributed by atoms with Crippen LogP contribution in [0.2, 0.25) is 0 Å². The fraction of sp³-hybridized carbons (Fsp3) is 0.0500. The van der Waals surface area contributed by atoms with Crippen molar-refractivity contribution in [3.05, 3.63) is 78.4 Å². The first kappa shape index (κ1) is 18.1. The van der Waals surface area contributed by atoms with Gasteiger partial charge in [0.15, 0.2) is 0 Å². The smallest absolute Gasteiger partial charge is 0.274 e. The third kappa shape index (κ3) is 4.88. The molecule has 0 aliphatic heterocycles. The molecule has 0 aliphatic carbocycles. The number of aromatic nitrogens is 1. The molecule has 2 amide bonds. The third-order valence-electron chi connectivity index (χ3n) is 3.59. The Morgan fingerprint density at radius 3 is 2.37 bits per heavy atom. The van der Waals surface area contributed by atoms with Crippen LogP contribution in [0.3, 0.4) is 0 Å². The minimum atomic E-state index is -0.511. The number of nitrogens with one attached hydrogen (secondary N) is 3. The highest BCUT2D eigenvalue weighted by Gasteiger charge is 2.10. The number of carbonyl (C=O) groups is 2. The summed E-state index contributed by atoms with van der Waals surface area (Å²) in [5, 5.41) is 8.33. The number of pyridine rings is 1. The summed E-state index contributed by atoms with van der Waals surface area (Å²) >= 11 is 0. The van der Waals surface area contributed by atoms with Crippen molar-refractivity contribution >= 4 is 34.6 Å². The maximum absolute atomic E-state index is 13.6. The van der Waals surface area contributed by atoms with Gasteiger partial charge in [0.25, 0.3) is 5.91 Å². The van der Waals surface area contributed by atoms with Gasteiger partial charge in [-0.2, -0.15) is 0 Å². The maximum Gasteiger partial charge on any atom is 0.274 e. The summed E-state index contributed by atoms with van der Waals surface area (Å²) in [7, 11) is 0. The van der Waals surface area contributed by atoms with Crippen LogP contribution >= 0.6 is 0 Å². The molecule has 0 radical (unpaired) electrons. The van der Waals surface area contributed by atoms with Gasteiger partial charge >= 0.3 is 0 Å². The average molecular weight is 364 g/mol. The molecule has 0 bridgehead atoms. The number of hydrogen-bond acceptors (Lipinski definition) is 4. The number of carbonyl (C=O) groups excluding carboxylic acids is 2. The summed E-state index contributed by atoms with van der Waals surface area (Å²) in [6.07, 6.45) is 1.50. The molecule has 0 saturated heterocycles. The lowest BCUT2D eigenvalue weighted by Crippen LogP contribution is -2.14. The second kappa shape index (κ2) is 8.09. The highest BCUT2D eigenvalue weighted by atomic mass is 19.1. The Balaban J connectivity index is 1.67. The first-order valence-corrected chi connectivity index (χ1v) is 8.18. The van der Waals surface area contributed by atoms with E-state index in [1.54, 1.807) is 36.4 Å². The predicted octanol–water partition coefficient (Wildman–Crippen LogP) is 4.18. The van der Waals surface area contributed by atoms with Crippen LogP contribution in [0.25, 0.3) is 0 Å². The van der Waals surface area contributed by atoms with Gasteiger partial charge in [-0.1, -0.05) is 18.2 Å². The van der Waals surface area contributed by atoms with Crippen molar-refractivity contribution in [3.63, 3.8) is 0 Å². The lowest BCUT2D eigenvalue weighted by molar-refractivity contribution is -0.114. The number of hydrogen-bond donors (Lipinski definition) is 3. The zero-order valence-corrected chi connectivity index (χ0v) is 14.5. The predicted molar refractivity (Wildman–Crippen MR) is 103 cm³/mol. The summed E-state index contributed by atoms with van der Waals surface area (Å²) in [5.74, 6) is -1.17. The number of amides is 2. The minimum Gasteiger partial charge on any atom is -0.354 e. The van der Waals surface area contributed by atoms with Crippen LogP contribution < -0.4 is 16.0 Å². The maximum atomic E-state index is 13.6. The number of halogens is 1. The Kier molecular flexibility index (Phi) is 5.41. The highest BCUT2D eigenvalue weighted by Crippen LogP contribution is 2.20. The molecule has 3 N–H and O–H groups in total. The monoisotopic (exact) mass is 364 g/mol. The second-order valence-electron chi connectivity index (χ2n) is 5.75. The molecule has 1 aromatic heterocycles. The topological polar surface area (TPSA) is 83.1 Å². The van der Waals surface area contributed by atoms with E-state index in [1.165, 1.54) is 31.3 Å². The van der Waals surface area contributed by atoms with Gasteiger partial charge in [0, 0.05) is 18.3 Å². The molecule has 1 heterocycles. The molecule has 3 aromatic rings. The fourth-order valence-corrected chi connectivity index (χ4v) is 2.40. The Morgan fingerprint density at radius 2 is 1.67 bits per heavy atom. The number of benzene rings is 2. The zero-order chi connectivity index (χ0) is 19.2. The molecule has 6 nitrogen and oxygen atoms in total. The molecule has 3 rings (SSSR count). The van der Waals surface area contributed by atoms with Gasteiger partial charge in [0.05, 0.1) is 17.6 Å². The molecular weight excluding hydrogens is 347 g/mol. The lowest BCUT2D eigenvalue weighted by atomic mass is 10.2. The molecule has 0 atom stereocenters. The van der Waals surface area contributed by atoms with Crippen molar-refractivity contribution in [1.82, 2.24) is 4.98 Å². The zero-order valence-electron chi connectivity index (χ0n) is 14.5. The number of para-hydroxylation sites is 1. The van der Waals surface area contributed by atoms with Gasteiger partial charge in [-0.05, 0) is 42.5 Å².